The number of nitrogens with one attached hydrogen (secondary N) is 2. The lowest BCUT2D eigenvalue weighted by Gasteiger charge is -2.12. The van der Waals surface area contributed by atoms with E-state index in [0.29, 0.717) is 6.54 Å². The van der Waals surface area contributed by atoms with Gasteiger partial charge in [-0.25, -0.2) is 0 Å². The summed E-state index contributed by atoms with van der Waals surface area (Å²) in [5.74, 6) is -0.252. The molecule has 3 nitrogen and oxygen atoms in total. The van der Waals surface area contributed by atoms with E-state index in [1.165, 1.54) is 12.1 Å². The topological polar surface area (TPSA) is 41.1 Å². The zero-order valence-corrected chi connectivity index (χ0v) is 11.9. The van der Waals surface area contributed by atoms with Crippen LogP contribution in [0.2, 0.25) is 0 Å². The van der Waals surface area contributed by atoms with Gasteiger partial charge in [0.15, 0.2) is 0 Å². The molecule has 0 aromatic heterocycles. The Kier molecular flexibility index (Phi) is 5.65. The zero-order valence-electron chi connectivity index (χ0n) is 10.3. The van der Waals surface area contributed by atoms with Gasteiger partial charge in [0, 0.05) is 16.7 Å². The van der Waals surface area contributed by atoms with Crippen LogP contribution >= 0.6 is 15.9 Å². The Morgan fingerprint density at radius 3 is 2.63 bits per heavy atom. The van der Waals surface area contributed by atoms with Crippen LogP contribution in [-0.2, 0) is 11.0 Å². The van der Waals surface area contributed by atoms with Crippen LogP contribution in [0.3, 0.4) is 0 Å². The molecule has 0 atom stereocenters. The summed E-state index contributed by atoms with van der Waals surface area (Å²) in [6, 6.07) is 3.75. The minimum absolute atomic E-state index is 0.0269. The highest BCUT2D eigenvalue weighted by Crippen LogP contribution is 2.36. The number of alkyl halides is 3. The van der Waals surface area contributed by atoms with Crippen molar-refractivity contribution in [2.45, 2.75) is 19.5 Å². The second kappa shape index (κ2) is 6.79. The highest BCUT2D eigenvalue weighted by atomic mass is 79.9. The van der Waals surface area contributed by atoms with Crippen molar-refractivity contribution in [3.05, 3.63) is 28.2 Å². The smallest absolute Gasteiger partial charge is 0.376 e. The molecule has 1 amide bonds. The van der Waals surface area contributed by atoms with Crippen molar-refractivity contribution in [2.24, 2.45) is 0 Å². The van der Waals surface area contributed by atoms with E-state index in [4.69, 9.17) is 0 Å². The third-order valence-corrected chi connectivity index (χ3v) is 2.99. The molecule has 0 aliphatic rings. The van der Waals surface area contributed by atoms with Gasteiger partial charge in [0.25, 0.3) is 0 Å². The maximum absolute atomic E-state index is 12.7. The van der Waals surface area contributed by atoms with Crippen molar-refractivity contribution in [1.82, 2.24) is 5.32 Å². The number of rotatable bonds is 5. The van der Waals surface area contributed by atoms with E-state index in [1.54, 1.807) is 0 Å². The van der Waals surface area contributed by atoms with Gasteiger partial charge >= 0.3 is 6.18 Å². The molecule has 106 valence electrons. The van der Waals surface area contributed by atoms with Crippen molar-refractivity contribution < 1.29 is 18.0 Å². The van der Waals surface area contributed by atoms with Gasteiger partial charge in [0.1, 0.15) is 0 Å². The minimum atomic E-state index is -4.43. The third kappa shape index (κ3) is 5.10. The van der Waals surface area contributed by atoms with Crippen LogP contribution in [0.5, 0.6) is 0 Å². The maximum atomic E-state index is 12.7. The highest BCUT2D eigenvalue weighted by molar-refractivity contribution is 9.10. The van der Waals surface area contributed by atoms with Crippen LogP contribution in [0.4, 0.5) is 18.9 Å². The fourth-order valence-corrected chi connectivity index (χ4v) is 1.83. The van der Waals surface area contributed by atoms with E-state index >= 15 is 0 Å². The molecule has 1 aromatic carbocycles. The maximum Gasteiger partial charge on any atom is 0.417 e. The van der Waals surface area contributed by atoms with Gasteiger partial charge in [0.05, 0.1) is 12.1 Å². The van der Waals surface area contributed by atoms with Gasteiger partial charge in [-0.1, -0.05) is 22.9 Å². The van der Waals surface area contributed by atoms with Crippen LogP contribution < -0.4 is 10.6 Å². The summed E-state index contributed by atoms with van der Waals surface area (Å²) in [5, 5.41) is 5.29. The SMILES string of the molecule is CCCNC(=O)CNc1ccc(Br)c(C(F)(F)F)c1. The first-order chi connectivity index (χ1) is 8.84. The van der Waals surface area contributed by atoms with Crippen molar-refractivity contribution >= 4 is 27.5 Å². The highest BCUT2D eigenvalue weighted by Gasteiger charge is 2.33. The summed E-state index contributed by atoms with van der Waals surface area (Å²) in [4.78, 5) is 11.3. The fraction of sp³-hybridized carbons (Fsp3) is 0.417. The first-order valence-electron chi connectivity index (χ1n) is 5.72. The van der Waals surface area contributed by atoms with Gasteiger partial charge in [-0.3, -0.25) is 4.79 Å². The minimum Gasteiger partial charge on any atom is -0.376 e. The number of anilines is 1. The lowest BCUT2D eigenvalue weighted by molar-refractivity contribution is -0.138. The number of benzene rings is 1. The summed E-state index contributed by atoms with van der Waals surface area (Å²) < 4.78 is 37.9. The molecule has 19 heavy (non-hydrogen) atoms. The number of hydrogen-bond donors (Lipinski definition) is 2. The van der Waals surface area contributed by atoms with Crippen molar-refractivity contribution in [1.29, 1.82) is 0 Å². The van der Waals surface area contributed by atoms with Gasteiger partial charge in [-0.15, -0.1) is 0 Å². The third-order valence-electron chi connectivity index (χ3n) is 2.30. The molecule has 0 saturated heterocycles. The molecule has 1 rings (SSSR count). The van der Waals surface area contributed by atoms with E-state index in [1.807, 2.05) is 6.92 Å². The first-order valence-corrected chi connectivity index (χ1v) is 6.51. The quantitative estimate of drug-likeness (QED) is 0.863. The molecule has 0 bridgehead atoms. The van der Waals surface area contributed by atoms with Crippen molar-refractivity contribution in [2.75, 3.05) is 18.4 Å². The Hall–Kier alpha value is -1.24. The summed E-state index contributed by atoms with van der Waals surface area (Å²) >= 11 is 2.85. The molecule has 0 saturated carbocycles. The fourth-order valence-electron chi connectivity index (χ4n) is 1.36. The average molecular weight is 339 g/mol. The molecule has 0 spiro atoms. The summed E-state index contributed by atoms with van der Waals surface area (Å²) in [7, 11) is 0. The zero-order chi connectivity index (χ0) is 14.5. The van der Waals surface area contributed by atoms with Crippen molar-refractivity contribution in [3.63, 3.8) is 0 Å². The molecule has 0 unspecified atom stereocenters. The van der Waals surface area contributed by atoms with Gasteiger partial charge < -0.3 is 10.6 Å². The van der Waals surface area contributed by atoms with E-state index in [2.05, 4.69) is 26.6 Å². The van der Waals surface area contributed by atoms with Crippen LogP contribution in [0.25, 0.3) is 0 Å². The Morgan fingerprint density at radius 2 is 2.05 bits per heavy atom. The summed E-state index contributed by atoms with van der Waals surface area (Å²) in [5.41, 5.74) is -0.520. The summed E-state index contributed by atoms with van der Waals surface area (Å²) in [6.07, 6.45) is -3.62. The predicted octanol–water partition coefficient (Wildman–Crippen LogP) is 3.41. The second-order valence-corrected chi connectivity index (χ2v) is 4.75. The van der Waals surface area contributed by atoms with Crippen LogP contribution in [0, 0.1) is 0 Å². The van der Waals surface area contributed by atoms with E-state index in [9.17, 15) is 18.0 Å². The molecule has 0 aliphatic carbocycles. The number of carbonyl (C=O) groups excluding carboxylic acids is 1. The van der Waals surface area contributed by atoms with Crippen LogP contribution in [0.1, 0.15) is 18.9 Å². The molecule has 0 aliphatic heterocycles. The van der Waals surface area contributed by atoms with E-state index in [-0.39, 0.29) is 22.6 Å². The van der Waals surface area contributed by atoms with Crippen molar-refractivity contribution in [3.8, 4) is 0 Å². The standard InChI is InChI=1S/C12H14BrF3N2O/c1-2-5-17-11(19)7-18-8-3-4-10(13)9(6-8)12(14,15)16/h3-4,6,18H,2,5,7H2,1H3,(H,17,19). The Labute approximate surface area is 117 Å². The second-order valence-electron chi connectivity index (χ2n) is 3.90. The van der Waals surface area contributed by atoms with Crippen LogP contribution in [-0.4, -0.2) is 19.0 Å². The normalized spacial score (nSPS) is 11.2. The van der Waals surface area contributed by atoms with Crippen LogP contribution in [0.15, 0.2) is 22.7 Å². The average Bonchev–Trinajstić information content (AvgIpc) is 2.34. The lowest BCUT2D eigenvalue weighted by atomic mass is 10.2. The number of halogens is 4. The molecule has 0 fully saturated rings. The predicted molar refractivity (Wildman–Crippen MR) is 70.9 cm³/mol. The van der Waals surface area contributed by atoms with Gasteiger partial charge in [0.2, 0.25) is 5.91 Å². The molecular weight excluding hydrogens is 325 g/mol. The first kappa shape index (κ1) is 15.8. The largest absolute Gasteiger partial charge is 0.417 e. The summed E-state index contributed by atoms with van der Waals surface area (Å²) in [6.45, 7) is 2.41. The number of carbonyl (C=O) groups is 1. The molecule has 0 heterocycles. The number of hydrogen-bond acceptors (Lipinski definition) is 2. The monoisotopic (exact) mass is 338 g/mol. The lowest BCUT2D eigenvalue weighted by Crippen LogP contribution is -2.30. The molecular formula is C12H14BrF3N2O. The molecule has 1 aromatic rings. The van der Waals surface area contributed by atoms with Gasteiger partial charge in [-0.05, 0) is 24.6 Å². The molecule has 2 N–H and O–H groups in total. The van der Waals surface area contributed by atoms with E-state index < -0.39 is 11.7 Å². The Morgan fingerprint density at radius 1 is 1.37 bits per heavy atom. The van der Waals surface area contributed by atoms with Gasteiger partial charge in [-0.2, -0.15) is 13.2 Å². The molecule has 7 heteroatoms. The number of amides is 1. The Bertz CT molecular complexity index is 449. The Balaban J connectivity index is 2.68. The molecule has 0 radical (unpaired) electrons. The van der Waals surface area contributed by atoms with E-state index in [0.717, 1.165) is 12.5 Å².